The molecular weight excluding hydrogens is 194 g/mol. The molecule has 1 heteroatoms. The van der Waals surface area contributed by atoms with Crippen LogP contribution in [0, 0.1) is 0 Å². The van der Waals surface area contributed by atoms with E-state index in [9.17, 15) is 0 Å². The van der Waals surface area contributed by atoms with Gasteiger partial charge < -0.3 is 0 Å². The van der Waals surface area contributed by atoms with E-state index in [1.165, 1.54) is 77.2 Å². The fourth-order valence-electron chi connectivity index (χ4n) is 3.40. The summed E-state index contributed by atoms with van der Waals surface area (Å²) < 4.78 is 0. The van der Waals surface area contributed by atoms with Crippen LogP contribution in [0.15, 0.2) is 0 Å². The summed E-state index contributed by atoms with van der Waals surface area (Å²) in [6.45, 7) is 3.70. The first-order chi connectivity index (χ1) is 7.93. The lowest BCUT2D eigenvalue weighted by Crippen LogP contribution is -2.09. The first-order valence-electron chi connectivity index (χ1n) is 7.69. The third kappa shape index (κ3) is 3.48. The summed E-state index contributed by atoms with van der Waals surface area (Å²) in [5.74, 6) is 0. The van der Waals surface area contributed by atoms with E-state index in [0.29, 0.717) is 0 Å². The molecule has 0 aliphatic carbocycles. The van der Waals surface area contributed by atoms with E-state index in [1.807, 2.05) is 0 Å². The molecule has 0 N–H and O–H groups in total. The van der Waals surface area contributed by atoms with Crippen molar-refractivity contribution in [1.82, 2.24) is 4.90 Å². The normalized spacial score (nSPS) is 32.4. The van der Waals surface area contributed by atoms with Gasteiger partial charge in [-0.05, 0) is 25.8 Å². The standard InChI is InChI=1S/C15H29N/c1-2-3-4-5-6-7-8-11-14-15-12-9-10-13-16(14)15/h14-15H,2-13H2,1H3. The molecule has 1 nitrogen and oxygen atoms in total. The molecule has 0 bridgehead atoms. The van der Waals surface area contributed by atoms with Gasteiger partial charge in [0.25, 0.3) is 0 Å². The Hall–Kier alpha value is -0.0400. The molecule has 0 spiro atoms. The molecule has 16 heavy (non-hydrogen) atoms. The van der Waals surface area contributed by atoms with Gasteiger partial charge >= 0.3 is 0 Å². The lowest BCUT2D eigenvalue weighted by Gasteiger charge is -2.08. The third-order valence-electron chi connectivity index (χ3n) is 4.48. The summed E-state index contributed by atoms with van der Waals surface area (Å²) in [6.07, 6.45) is 16.2. The molecule has 2 aliphatic heterocycles. The quantitative estimate of drug-likeness (QED) is 0.436. The topological polar surface area (TPSA) is 3.01 Å². The molecule has 3 atom stereocenters. The number of piperidine rings is 1. The second-order valence-electron chi connectivity index (χ2n) is 5.78. The molecule has 0 amide bonds. The molecule has 2 rings (SSSR count). The summed E-state index contributed by atoms with van der Waals surface area (Å²) in [5.41, 5.74) is 0. The third-order valence-corrected chi connectivity index (χ3v) is 4.48. The molecule has 2 heterocycles. The van der Waals surface area contributed by atoms with Crippen LogP contribution in [0.5, 0.6) is 0 Å². The fraction of sp³-hybridized carbons (Fsp3) is 1.00. The predicted molar refractivity (Wildman–Crippen MR) is 70.7 cm³/mol. The zero-order valence-corrected chi connectivity index (χ0v) is 11.1. The summed E-state index contributed by atoms with van der Waals surface area (Å²) in [7, 11) is 0. The Morgan fingerprint density at radius 1 is 0.938 bits per heavy atom. The highest BCUT2D eigenvalue weighted by Crippen LogP contribution is 2.39. The van der Waals surface area contributed by atoms with E-state index in [2.05, 4.69) is 11.8 Å². The van der Waals surface area contributed by atoms with Crippen LogP contribution >= 0.6 is 0 Å². The fourth-order valence-corrected chi connectivity index (χ4v) is 3.40. The van der Waals surface area contributed by atoms with E-state index >= 15 is 0 Å². The van der Waals surface area contributed by atoms with E-state index < -0.39 is 0 Å². The predicted octanol–water partition coefficient (Wildman–Crippen LogP) is 4.36. The highest BCUT2D eigenvalue weighted by atomic mass is 15.4. The lowest BCUT2D eigenvalue weighted by molar-refractivity contribution is 0.393. The lowest BCUT2D eigenvalue weighted by atomic mass is 10.0. The zero-order valence-electron chi connectivity index (χ0n) is 11.1. The van der Waals surface area contributed by atoms with Crippen LogP contribution in [0.1, 0.15) is 77.6 Å². The van der Waals surface area contributed by atoms with Gasteiger partial charge in [-0.25, -0.2) is 0 Å². The van der Waals surface area contributed by atoms with Crippen molar-refractivity contribution in [2.24, 2.45) is 0 Å². The number of hydrogen-bond donors (Lipinski definition) is 0. The number of unbranched alkanes of at least 4 members (excludes halogenated alkanes) is 6. The Morgan fingerprint density at radius 2 is 1.69 bits per heavy atom. The van der Waals surface area contributed by atoms with Crippen molar-refractivity contribution < 1.29 is 0 Å². The SMILES string of the molecule is CCCCCCCCCC1C2CCCCN12. The molecule has 2 saturated heterocycles. The van der Waals surface area contributed by atoms with Gasteiger partial charge in [0.05, 0.1) is 0 Å². The van der Waals surface area contributed by atoms with Crippen LogP contribution in [0.2, 0.25) is 0 Å². The minimum atomic E-state index is 1.01. The molecule has 2 aliphatic rings. The van der Waals surface area contributed by atoms with Crippen LogP contribution in [-0.2, 0) is 0 Å². The van der Waals surface area contributed by atoms with Crippen LogP contribution in [0.4, 0.5) is 0 Å². The summed E-state index contributed by atoms with van der Waals surface area (Å²) in [5, 5.41) is 0. The van der Waals surface area contributed by atoms with Crippen LogP contribution in [-0.4, -0.2) is 23.5 Å². The van der Waals surface area contributed by atoms with E-state index in [-0.39, 0.29) is 0 Å². The number of hydrogen-bond acceptors (Lipinski definition) is 1. The van der Waals surface area contributed by atoms with E-state index in [0.717, 1.165) is 12.1 Å². The first kappa shape index (κ1) is 12.4. The van der Waals surface area contributed by atoms with Gasteiger partial charge in [-0.1, -0.05) is 58.3 Å². The van der Waals surface area contributed by atoms with Crippen molar-refractivity contribution in [3.05, 3.63) is 0 Å². The number of nitrogens with zero attached hydrogens (tertiary/aromatic N) is 1. The van der Waals surface area contributed by atoms with Crippen molar-refractivity contribution in [2.75, 3.05) is 6.54 Å². The van der Waals surface area contributed by atoms with E-state index in [4.69, 9.17) is 0 Å². The van der Waals surface area contributed by atoms with Gasteiger partial charge in [0.2, 0.25) is 0 Å². The Labute approximate surface area is 102 Å². The van der Waals surface area contributed by atoms with Crippen molar-refractivity contribution >= 4 is 0 Å². The van der Waals surface area contributed by atoms with Gasteiger partial charge in [-0.2, -0.15) is 0 Å². The van der Waals surface area contributed by atoms with Crippen LogP contribution in [0.25, 0.3) is 0 Å². The minimum Gasteiger partial charge on any atom is -0.294 e. The summed E-state index contributed by atoms with van der Waals surface area (Å²) in [4.78, 5) is 2.75. The molecule has 0 aromatic heterocycles. The van der Waals surface area contributed by atoms with Crippen molar-refractivity contribution in [2.45, 2.75) is 89.6 Å². The maximum atomic E-state index is 2.75. The highest BCUT2D eigenvalue weighted by molar-refractivity contribution is 5.03. The van der Waals surface area contributed by atoms with Gasteiger partial charge in [0.1, 0.15) is 0 Å². The molecule has 0 saturated carbocycles. The molecule has 0 aromatic carbocycles. The minimum absolute atomic E-state index is 1.01. The first-order valence-corrected chi connectivity index (χ1v) is 7.69. The number of rotatable bonds is 8. The van der Waals surface area contributed by atoms with Crippen molar-refractivity contribution in [3.63, 3.8) is 0 Å². The summed E-state index contributed by atoms with van der Waals surface area (Å²) in [6, 6.07) is 2.03. The molecule has 0 aromatic rings. The number of fused-ring (bicyclic) bond motifs is 1. The monoisotopic (exact) mass is 223 g/mol. The molecule has 3 unspecified atom stereocenters. The Bertz CT molecular complexity index is 178. The van der Waals surface area contributed by atoms with Gasteiger partial charge in [-0.3, -0.25) is 4.90 Å². The maximum Gasteiger partial charge on any atom is 0.0255 e. The largest absolute Gasteiger partial charge is 0.294 e. The molecule has 94 valence electrons. The Morgan fingerprint density at radius 3 is 2.38 bits per heavy atom. The zero-order chi connectivity index (χ0) is 11.2. The van der Waals surface area contributed by atoms with E-state index in [1.54, 1.807) is 0 Å². The van der Waals surface area contributed by atoms with Crippen LogP contribution < -0.4 is 0 Å². The second-order valence-corrected chi connectivity index (χ2v) is 5.78. The second kappa shape index (κ2) is 6.64. The smallest absolute Gasteiger partial charge is 0.0255 e. The summed E-state index contributed by atoms with van der Waals surface area (Å²) >= 11 is 0. The van der Waals surface area contributed by atoms with Gasteiger partial charge in [0.15, 0.2) is 0 Å². The highest BCUT2D eigenvalue weighted by Gasteiger charge is 2.46. The molecule has 0 radical (unpaired) electrons. The average molecular weight is 223 g/mol. The molecular formula is C15H29N. The Balaban J connectivity index is 1.41. The van der Waals surface area contributed by atoms with Crippen molar-refractivity contribution in [3.8, 4) is 0 Å². The van der Waals surface area contributed by atoms with Gasteiger partial charge in [0, 0.05) is 12.1 Å². The Kier molecular flexibility index (Phi) is 5.15. The maximum absolute atomic E-state index is 2.75. The average Bonchev–Trinajstić information content (AvgIpc) is 3.02. The van der Waals surface area contributed by atoms with Crippen molar-refractivity contribution in [1.29, 1.82) is 0 Å². The van der Waals surface area contributed by atoms with Gasteiger partial charge in [-0.15, -0.1) is 0 Å². The molecule has 2 fully saturated rings. The van der Waals surface area contributed by atoms with Crippen LogP contribution in [0.3, 0.4) is 0 Å².